The van der Waals surface area contributed by atoms with Crippen LogP contribution in [0.2, 0.25) is 5.02 Å². The van der Waals surface area contributed by atoms with Crippen molar-refractivity contribution in [2.45, 2.75) is 26.4 Å². The largest absolute Gasteiger partial charge is 0.335 e. The van der Waals surface area contributed by atoms with E-state index in [1.165, 1.54) is 4.90 Å². The smallest absolute Gasteiger partial charge is 0.243 e. The lowest BCUT2D eigenvalue weighted by Gasteiger charge is -2.28. The minimum atomic E-state index is -0.360. The third kappa shape index (κ3) is 6.38. The Kier molecular flexibility index (Phi) is 7.39. The fourth-order valence-corrected chi connectivity index (χ4v) is 2.91. The SMILES string of the molecule is Cc1ccc(NC(=O)CN(C)C(=O)C(C)N(C)Cc2cccc(Cl)c2)cc1. The molecule has 0 aromatic heterocycles. The third-order valence-corrected chi connectivity index (χ3v) is 4.67. The van der Waals surface area contributed by atoms with Crippen LogP contribution in [0.25, 0.3) is 0 Å². The van der Waals surface area contributed by atoms with Gasteiger partial charge < -0.3 is 10.2 Å². The molecule has 0 bridgehead atoms. The number of anilines is 1. The molecular weight excluding hydrogens is 362 g/mol. The first-order chi connectivity index (χ1) is 12.8. The fraction of sp³-hybridized carbons (Fsp3) is 0.333. The number of aryl methyl sites for hydroxylation is 1. The lowest BCUT2D eigenvalue weighted by atomic mass is 10.2. The van der Waals surface area contributed by atoms with Gasteiger partial charge in [0.15, 0.2) is 0 Å². The Hall–Kier alpha value is -2.37. The predicted octanol–water partition coefficient (Wildman–Crippen LogP) is 3.57. The van der Waals surface area contributed by atoms with E-state index in [4.69, 9.17) is 11.6 Å². The molecule has 0 aliphatic rings. The Morgan fingerprint density at radius 3 is 2.41 bits per heavy atom. The Morgan fingerprint density at radius 2 is 1.78 bits per heavy atom. The summed E-state index contributed by atoms with van der Waals surface area (Å²) in [4.78, 5) is 28.2. The normalized spacial score (nSPS) is 11.9. The van der Waals surface area contributed by atoms with E-state index >= 15 is 0 Å². The van der Waals surface area contributed by atoms with E-state index in [1.807, 2.05) is 74.3 Å². The Morgan fingerprint density at radius 1 is 1.11 bits per heavy atom. The average Bonchev–Trinajstić information content (AvgIpc) is 2.62. The number of likely N-dealkylation sites (N-methyl/N-ethyl adjacent to an activating group) is 2. The number of carbonyl (C=O) groups is 2. The van der Waals surface area contributed by atoms with E-state index in [1.54, 1.807) is 7.05 Å². The van der Waals surface area contributed by atoms with Gasteiger partial charge in [-0.3, -0.25) is 14.5 Å². The fourth-order valence-electron chi connectivity index (χ4n) is 2.70. The molecule has 2 aromatic rings. The van der Waals surface area contributed by atoms with Gasteiger partial charge in [-0.15, -0.1) is 0 Å². The highest BCUT2D eigenvalue weighted by Crippen LogP contribution is 2.14. The van der Waals surface area contributed by atoms with Gasteiger partial charge in [-0.2, -0.15) is 0 Å². The molecule has 0 saturated heterocycles. The van der Waals surface area contributed by atoms with Crippen LogP contribution in [0.15, 0.2) is 48.5 Å². The molecule has 27 heavy (non-hydrogen) atoms. The minimum Gasteiger partial charge on any atom is -0.335 e. The first-order valence-electron chi connectivity index (χ1n) is 8.82. The van der Waals surface area contributed by atoms with Crippen molar-refractivity contribution in [1.29, 1.82) is 0 Å². The number of nitrogens with zero attached hydrogens (tertiary/aromatic N) is 2. The predicted molar refractivity (Wildman–Crippen MR) is 110 cm³/mol. The molecule has 0 aliphatic heterocycles. The van der Waals surface area contributed by atoms with E-state index in [0.717, 1.165) is 16.8 Å². The second-order valence-electron chi connectivity index (χ2n) is 6.83. The molecule has 0 saturated carbocycles. The van der Waals surface area contributed by atoms with Gasteiger partial charge in [0, 0.05) is 24.3 Å². The van der Waals surface area contributed by atoms with E-state index < -0.39 is 0 Å². The maximum atomic E-state index is 12.7. The summed E-state index contributed by atoms with van der Waals surface area (Å²) < 4.78 is 0. The summed E-state index contributed by atoms with van der Waals surface area (Å²) in [6, 6.07) is 14.7. The van der Waals surface area contributed by atoms with Crippen molar-refractivity contribution in [3.63, 3.8) is 0 Å². The van der Waals surface area contributed by atoms with Gasteiger partial charge in [0.25, 0.3) is 0 Å². The molecule has 1 N–H and O–H groups in total. The molecule has 0 spiro atoms. The summed E-state index contributed by atoms with van der Waals surface area (Å²) >= 11 is 6.02. The van der Waals surface area contributed by atoms with Gasteiger partial charge in [0.05, 0.1) is 12.6 Å². The van der Waals surface area contributed by atoms with Crippen LogP contribution in [0.4, 0.5) is 5.69 Å². The van der Waals surface area contributed by atoms with Crippen LogP contribution in [0.1, 0.15) is 18.1 Å². The van der Waals surface area contributed by atoms with Gasteiger partial charge in [0.2, 0.25) is 11.8 Å². The average molecular weight is 388 g/mol. The lowest BCUT2D eigenvalue weighted by Crippen LogP contribution is -2.46. The molecule has 144 valence electrons. The maximum absolute atomic E-state index is 12.7. The summed E-state index contributed by atoms with van der Waals surface area (Å²) in [7, 11) is 3.52. The van der Waals surface area contributed by atoms with Crippen LogP contribution in [-0.4, -0.2) is 48.3 Å². The maximum Gasteiger partial charge on any atom is 0.243 e. The summed E-state index contributed by atoms with van der Waals surface area (Å²) in [5.74, 6) is -0.335. The second kappa shape index (κ2) is 9.53. The zero-order valence-electron chi connectivity index (χ0n) is 16.2. The van der Waals surface area contributed by atoms with Gasteiger partial charge in [-0.25, -0.2) is 0 Å². The molecule has 0 aliphatic carbocycles. The van der Waals surface area contributed by atoms with Gasteiger partial charge in [0.1, 0.15) is 0 Å². The number of nitrogens with one attached hydrogen (secondary N) is 1. The molecule has 1 unspecified atom stereocenters. The zero-order chi connectivity index (χ0) is 20.0. The number of hydrogen-bond donors (Lipinski definition) is 1. The highest BCUT2D eigenvalue weighted by molar-refractivity contribution is 6.30. The van der Waals surface area contributed by atoms with Crippen molar-refractivity contribution in [3.05, 3.63) is 64.7 Å². The quantitative estimate of drug-likeness (QED) is 0.790. The van der Waals surface area contributed by atoms with Crippen molar-refractivity contribution in [3.8, 4) is 0 Å². The van der Waals surface area contributed by atoms with Crippen LogP contribution < -0.4 is 5.32 Å². The first kappa shape index (κ1) is 20.9. The topological polar surface area (TPSA) is 52.7 Å². The van der Waals surface area contributed by atoms with Gasteiger partial charge >= 0.3 is 0 Å². The highest BCUT2D eigenvalue weighted by Gasteiger charge is 2.23. The molecule has 0 fully saturated rings. The van der Waals surface area contributed by atoms with Gasteiger partial charge in [-0.05, 0) is 50.7 Å². The summed E-state index contributed by atoms with van der Waals surface area (Å²) in [6.45, 7) is 4.42. The van der Waals surface area contributed by atoms with Crippen LogP contribution in [0.3, 0.4) is 0 Å². The molecule has 5 nitrogen and oxygen atoms in total. The van der Waals surface area contributed by atoms with Crippen LogP contribution in [0.5, 0.6) is 0 Å². The number of benzene rings is 2. The van der Waals surface area contributed by atoms with E-state index in [9.17, 15) is 9.59 Å². The lowest BCUT2D eigenvalue weighted by molar-refractivity contribution is -0.137. The third-order valence-electron chi connectivity index (χ3n) is 4.43. The standard InChI is InChI=1S/C21H26ClN3O2/c1-15-8-10-19(11-9-15)23-20(26)14-25(4)21(27)16(2)24(3)13-17-6-5-7-18(22)12-17/h5-12,16H,13-14H2,1-4H3,(H,23,26). The van der Waals surface area contributed by atoms with Crippen molar-refractivity contribution >= 4 is 29.1 Å². The molecule has 2 amide bonds. The number of hydrogen-bond acceptors (Lipinski definition) is 3. The molecular formula is C21H26ClN3O2. The second-order valence-corrected chi connectivity index (χ2v) is 7.27. The number of amides is 2. The molecule has 2 aromatic carbocycles. The van der Waals surface area contributed by atoms with E-state index in [0.29, 0.717) is 11.6 Å². The molecule has 0 radical (unpaired) electrons. The monoisotopic (exact) mass is 387 g/mol. The van der Waals surface area contributed by atoms with Crippen molar-refractivity contribution in [1.82, 2.24) is 9.80 Å². The van der Waals surface area contributed by atoms with Crippen LogP contribution in [0, 0.1) is 6.92 Å². The number of rotatable bonds is 7. The minimum absolute atomic E-state index is 0.00204. The number of carbonyl (C=O) groups excluding carboxylic acids is 2. The first-order valence-corrected chi connectivity index (χ1v) is 9.20. The van der Waals surface area contributed by atoms with Crippen LogP contribution in [-0.2, 0) is 16.1 Å². The molecule has 1 atom stereocenters. The van der Waals surface area contributed by atoms with Crippen LogP contribution >= 0.6 is 11.6 Å². The van der Waals surface area contributed by atoms with Crippen molar-refractivity contribution in [2.24, 2.45) is 0 Å². The van der Waals surface area contributed by atoms with E-state index in [2.05, 4.69) is 5.32 Å². The molecule has 0 heterocycles. The summed E-state index contributed by atoms with van der Waals surface area (Å²) in [5.41, 5.74) is 2.87. The molecule has 2 rings (SSSR count). The Bertz CT molecular complexity index is 792. The van der Waals surface area contributed by atoms with Crippen molar-refractivity contribution < 1.29 is 9.59 Å². The Balaban J connectivity index is 1.88. The summed E-state index contributed by atoms with van der Waals surface area (Å²) in [5, 5.41) is 3.48. The van der Waals surface area contributed by atoms with Crippen molar-refractivity contribution in [2.75, 3.05) is 26.0 Å². The van der Waals surface area contributed by atoms with E-state index in [-0.39, 0.29) is 24.4 Å². The Labute approximate surface area is 165 Å². The summed E-state index contributed by atoms with van der Waals surface area (Å²) in [6.07, 6.45) is 0. The highest BCUT2D eigenvalue weighted by atomic mass is 35.5. The molecule has 6 heteroatoms. The van der Waals surface area contributed by atoms with Gasteiger partial charge in [-0.1, -0.05) is 41.4 Å². The number of halogens is 1. The zero-order valence-corrected chi connectivity index (χ0v) is 17.0.